The lowest BCUT2D eigenvalue weighted by atomic mass is 9.95. The van der Waals surface area contributed by atoms with Gasteiger partial charge in [-0.1, -0.05) is 35.9 Å². The largest absolute Gasteiger partial charge is 0.496 e. The van der Waals surface area contributed by atoms with Gasteiger partial charge < -0.3 is 15.0 Å². The fourth-order valence-electron chi connectivity index (χ4n) is 4.98. The van der Waals surface area contributed by atoms with E-state index in [1.165, 1.54) is 19.2 Å². The van der Waals surface area contributed by atoms with Gasteiger partial charge in [0.25, 0.3) is 5.91 Å². The Hall–Kier alpha value is -4.09. The minimum Gasteiger partial charge on any atom is -0.496 e. The van der Waals surface area contributed by atoms with Crippen molar-refractivity contribution in [3.8, 4) is 22.9 Å². The number of aromatic amines is 1. The average Bonchev–Trinajstić information content (AvgIpc) is 3.56. The zero-order valence-corrected chi connectivity index (χ0v) is 21.2. The molecule has 7 nitrogen and oxygen atoms in total. The van der Waals surface area contributed by atoms with E-state index in [0.29, 0.717) is 33.5 Å². The Balaban J connectivity index is 1.45. The number of hydrogen-bond acceptors (Lipinski definition) is 5. The van der Waals surface area contributed by atoms with Crippen molar-refractivity contribution in [3.05, 3.63) is 76.2 Å². The molecule has 1 aliphatic rings. The van der Waals surface area contributed by atoms with Crippen LogP contribution in [0.1, 0.15) is 41.3 Å². The van der Waals surface area contributed by atoms with Gasteiger partial charge in [-0.2, -0.15) is 10.4 Å². The molecule has 1 saturated heterocycles. The first kappa shape index (κ1) is 24.6. The lowest BCUT2D eigenvalue weighted by Crippen LogP contribution is -2.27. The molecule has 5 rings (SSSR count). The number of carbonyl (C=O) groups excluding carboxylic acids is 1. The second kappa shape index (κ2) is 10.1. The van der Waals surface area contributed by atoms with Gasteiger partial charge in [-0.3, -0.25) is 9.89 Å². The molecule has 1 aromatic heterocycles. The van der Waals surface area contributed by atoms with E-state index < -0.39 is 11.7 Å². The molecule has 3 aromatic carbocycles. The van der Waals surface area contributed by atoms with Crippen molar-refractivity contribution in [2.24, 2.45) is 0 Å². The van der Waals surface area contributed by atoms with Gasteiger partial charge >= 0.3 is 0 Å². The number of halogens is 2. The van der Waals surface area contributed by atoms with Crippen molar-refractivity contribution in [2.75, 3.05) is 18.6 Å². The molecule has 2 N–H and O–H groups in total. The number of anilines is 1. The zero-order chi connectivity index (χ0) is 26.1. The summed E-state index contributed by atoms with van der Waals surface area (Å²) >= 11 is 7.03. The number of nitriles is 1. The quantitative estimate of drug-likeness (QED) is 0.336. The van der Waals surface area contributed by atoms with Crippen molar-refractivity contribution >= 4 is 34.1 Å². The smallest absolute Gasteiger partial charge is 0.255 e. The summed E-state index contributed by atoms with van der Waals surface area (Å²) in [5.41, 5.74) is 4.39. The topological polar surface area (TPSA) is 94.0 Å². The summed E-state index contributed by atoms with van der Waals surface area (Å²) in [5, 5.41) is 21.4. The van der Waals surface area contributed by atoms with Crippen molar-refractivity contribution in [3.63, 3.8) is 0 Å². The Kier molecular flexibility index (Phi) is 6.72. The predicted molar refractivity (Wildman–Crippen MR) is 141 cm³/mol. The van der Waals surface area contributed by atoms with Crippen LogP contribution in [0.5, 0.6) is 5.75 Å². The number of hydrogen-bond donors (Lipinski definition) is 2. The highest BCUT2D eigenvalue weighted by atomic mass is 35.5. The van der Waals surface area contributed by atoms with Crippen LogP contribution in [0, 0.1) is 17.1 Å². The summed E-state index contributed by atoms with van der Waals surface area (Å²) < 4.78 is 18.8. The molecule has 1 amide bonds. The molecule has 4 aromatic rings. The van der Waals surface area contributed by atoms with Gasteiger partial charge in [0, 0.05) is 30.1 Å². The van der Waals surface area contributed by atoms with E-state index in [1.807, 2.05) is 24.3 Å². The number of benzene rings is 3. The van der Waals surface area contributed by atoms with E-state index in [0.717, 1.165) is 47.7 Å². The van der Waals surface area contributed by atoms with Crippen molar-refractivity contribution < 1.29 is 13.9 Å². The highest BCUT2D eigenvalue weighted by Crippen LogP contribution is 2.46. The van der Waals surface area contributed by atoms with E-state index in [1.54, 1.807) is 6.20 Å². The van der Waals surface area contributed by atoms with Crippen LogP contribution in [0.15, 0.2) is 48.7 Å². The minimum atomic E-state index is -0.516. The highest BCUT2D eigenvalue weighted by Gasteiger charge is 2.29. The van der Waals surface area contributed by atoms with Crippen molar-refractivity contribution in [2.45, 2.75) is 32.4 Å². The molecule has 1 fully saturated rings. The number of nitrogens with one attached hydrogen (secondary N) is 2. The number of amides is 1. The molecule has 0 bridgehead atoms. The van der Waals surface area contributed by atoms with Crippen LogP contribution in [0.3, 0.4) is 0 Å². The molecule has 37 heavy (non-hydrogen) atoms. The van der Waals surface area contributed by atoms with Gasteiger partial charge in [0.1, 0.15) is 17.6 Å². The Morgan fingerprint density at radius 2 is 2.11 bits per heavy atom. The van der Waals surface area contributed by atoms with E-state index >= 15 is 0 Å². The molecule has 2 heterocycles. The first-order valence-electron chi connectivity index (χ1n) is 12.0. The normalized spacial score (nSPS) is 15.1. The monoisotopic (exact) mass is 517 g/mol. The van der Waals surface area contributed by atoms with Gasteiger partial charge in [0.05, 0.1) is 40.7 Å². The number of rotatable bonds is 6. The fraction of sp³-hybridized carbons (Fsp3) is 0.250. The molecule has 9 heteroatoms. The number of nitrogens with zero attached hydrogens (tertiary/aromatic N) is 3. The highest BCUT2D eigenvalue weighted by molar-refractivity contribution is 6.38. The summed E-state index contributed by atoms with van der Waals surface area (Å²) in [5.74, 6) is -0.660. The van der Waals surface area contributed by atoms with Crippen LogP contribution < -0.4 is 15.0 Å². The molecule has 0 aliphatic carbocycles. The number of methoxy groups -OCH3 is 1. The van der Waals surface area contributed by atoms with Crippen LogP contribution in [0.4, 0.5) is 10.1 Å². The Morgan fingerprint density at radius 1 is 1.32 bits per heavy atom. The second-order valence-electron chi connectivity index (χ2n) is 9.09. The van der Waals surface area contributed by atoms with E-state index in [9.17, 15) is 14.4 Å². The summed E-state index contributed by atoms with van der Waals surface area (Å²) in [6, 6.07) is 13.9. The fourth-order valence-corrected chi connectivity index (χ4v) is 5.40. The van der Waals surface area contributed by atoms with E-state index in [2.05, 4.69) is 33.4 Å². The maximum Gasteiger partial charge on any atom is 0.255 e. The third-order valence-corrected chi connectivity index (χ3v) is 7.24. The maximum atomic E-state index is 13.7. The molecule has 0 saturated carbocycles. The first-order chi connectivity index (χ1) is 17.9. The summed E-state index contributed by atoms with van der Waals surface area (Å²) in [6.07, 6.45) is 3.88. The standard InChI is InChI=1S/C28H25ClFN5O2/c1-16-4-3-11-35(16)27-22-15-33-34-26(22)21(13-31)24(25(27)29)18-7-5-17(6-8-18)14-32-28(36)20-12-19(30)9-10-23(20)37-2/h5-10,12,15-16H,3-4,11,14H2,1-2H3,(H,32,36)(H,33,34)/t16-/m1/s1. The van der Waals surface area contributed by atoms with Gasteiger partial charge in [-0.05, 0) is 49.1 Å². The molecular weight excluding hydrogens is 493 g/mol. The van der Waals surface area contributed by atoms with Gasteiger partial charge in [-0.25, -0.2) is 4.39 Å². The number of H-pyrrole nitrogens is 1. The van der Waals surface area contributed by atoms with Crippen LogP contribution in [0.2, 0.25) is 5.02 Å². The van der Waals surface area contributed by atoms with Crippen LogP contribution >= 0.6 is 11.6 Å². The van der Waals surface area contributed by atoms with Gasteiger partial charge in [-0.15, -0.1) is 0 Å². The predicted octanol–water partition coefficient (Wildman–Crippen LogP) is 5.82. The minimum absolute atomic E-state index is 0.126. The number of aromatic nitrogens is 2. The lowest BCUT2D eigenvalue weighted by molar-refractivity contribution is 0.0947. The second-order valence-corrected chi connectivity index (χ2v) is 9.47. The lowest BCUT2D eigenvalue weighted by Gasteiger charge is -2.27. The maximum absolute atomic E-state index is 13.7. The molecule has 0 radical (unpaired) electrons. The summed E-state index contributed by atoms with van der Waals surface area (Å²) in [7, 11) is 1.43. The third-order valence-electron chi connectivity index (χ3n) is 6.88. The zero-order valence-electron chi connectivity index (χ0n) is 20.4. The molecule has 0 unspecified atom stereocenters. The first-order valence-corrected chi connectivity index (χ1v) is 12.4. The summed E-state index contributed by atoms with van der Waals surface area (Å²) in [4.78, 5) is 14.9. The van der Waals surface area contributed by atoms with Crippen molar-refractivity contribution in [1.82, 2.24) is 15.5 Å². The SMILES string of the molecule is COc1ccc(F)cc1C(=O)NCc1ccc(-c2c(Cl)c(N3CCC[C@H]3C)c3cn[nH]c3c2C#N)cc1. The van der Waals surface area contributed by atoms with Gasteiger partial charge in [0.15, 0.2) is 0 Å². The molecule has 1 aliphatic heterocycles. The van der Waals surface area contributed by atoms with Crippen LogP contribution in [-0.4, -0.2) is 35.8 Å². The molecular formula is C28H25ClFN5O2. The van der Waals surface area contributed by atoms with Crippen LogP contribution in [-0.2, 0) is 6.54 Å². The molecule has 0 spiro atoms. The Morgan fingerprint density at radius 3 is 2.78 bits per heavy atom. The van der Waals surface area contributed by atoms with E-state index in [4.69, 9.17) is 16.3 Å². The van der Waals surface area contributed by atoms with Crippen molar-refractivity contribution in [1.29, 1.82) is 5.26 Å². The third kappa shape index (κ3) is 4.47. The summed E-state index contributed by atoms with van der Waals surface area (Å²) in [6.45, 7) is 3.30. The number of ether oxygens (including phenoxy) is 1. The number of carbonyl (C=O) groups is 1. The van der Waals surface area contributed by atoms with Gasteiger partial charge in [0.2, 0.25) is 0 Å². The molecule has 1 atom stereocenters. The number of fused-ring (bicyclic) bond motifs is 1. The Bertz CT molecular complexity index is 1530. The van der Waals surface area contributed by atoms with Crippen LogP contribution in [0.25, 0.3) is 22.0 Å². The Labute approximate surface area is 218 Å². The molecule has 188 valence electrons. The van der Waals surface area contributed by atoms with E-state index in [-0.39, 0.29) is 12.1 Å². The average molecular weight is 518 g/mol.